The van der Waals surface area contributed by atoms with Gasteiger partial charge in [-0.3, -0.25) is 0 Å². The number of nitrogens with zero attached hydrogens (tertiary/aromatic N) is 2. The van der Waals surface area contributed by atoms with Crippen LogP contribution in [-0.4, -0.2) is 15.7 Å². The van der Waals surface area contributed by atoms with Gasteiger partial charge < -0.3 is 10.5 Å². The van der Waals surface area contributed by atoms with Crippen LogP contribution >= 0.6 is 11.5 Å². The van der Waals surface area contributed by atoms with Crippen LogP contribution in [0.4, 0.5) is 5.00 Å². The smallest absolute Gasteiger partial charge is 0.133 e. The van der Waals surface area contributed by atoms with Crippen LogP contribution in [0.5, 0.6) is 0 Å². The maximum atomic E-state index is 6.17. The van der Waals surface area contributed by atoms with Crippen LogP contribution in [-0.2, 0) is 11.3 Å². The van der Waals surface area contributed by atoms with E-state index in [1.54, 1.807) is 0 Å². The van der Waals surface area contributed by atoms with Crippen LogP contribution in [0.1, 0.15) is 37.8 Å². The Bertz CT molecular complexity index is 419. The number of hydrogen-bond donors (Lipinski definition) is 1. The third-order valence-corrected chi connectivity index (χ3v) is 5.73. The van der Waals surface area contributed by atoms with Gasteiger partial charge in [0.25, 0.3) is 0 Å². The summed E-state index contributed by atoms with van der Waals surface area (Å²) in [6.45, 7) is 0.551. The standard InChI is InChI=1S/C13H19N3OS/c14-13-11(15-16-18-13)6-17-12-9-2-7-1-8(4-9)5-10(12)3-7/h7-10,12H,1-6,14H2. The molecule has 1 heterocycles. The van der Waals surface area contributed by atoms with Crippen LogP contribution in [0.2, 0.25) is 0 Å². The van der Waals surface area contributed by atoms with Crippen molar-refractivity contribution in [1.29, 1.82) is 0 Å². The first-order chi connectivity index (χ1) is 8.79. The molecule has 4 saturated carbocycles. The van der Waals surface area contributed by atoms with E-state index < -0.39 is 0 Å². The molecule has 4 nitrogen and oxygen atoms in total. The number of nitrogens with two attached hydrogens (primary N) is 1. The van der Waals surface area contributed by atoms with E-state index in [-0.39, 0.29) is 0 Å². The number of ether oxygens (including phenoxy) is 1. The van der Waals surface area contributed by atoms with Crippen LogP contribution in [0, 0.1) is 23.7 Å². The summed E-state index contributed by atoms with van der Waals surface area (Å²) in [5.74, 6) is 3.60. The van der Waals surface area contributed by atoms with Gasteiger partial charge in [-0.05, 0) is 55.8 Å². The number of anilines is 1. The van der Waals surface area contributed by atoms with Gasteiger partial charge in [-0.1, -0.05) is 4.49 Å². The van der Waals surface area contributed by atoms with Crippen molar-refractivity contribution in [2.75, 3.05) is 5.73 Å². The number of nitrogen functional groups attached to an aromatic ring is 1. The first-order valence-corrected chi connectivity index (χ1v) is 7.75. The average Bonchev–Trinajstić information content (AvgIpc) is 2.73. The zero-order valence-corrected chi connectivity index (χ0v) is 11.2. The summed E-state index contributed by atoms with van der Waals surface area (Å²) in [4.78, 5) is 0. The van der Waals surface area contributed by atoms with Gasteiger partial charge in [-0.15, -0.1) is 5.10 Å². The molecule has 0 saturated heterocycles. The van der Waals surface area contributed by atoms with Gasteiger partial charge in [0.2, 0.25) is 0 Å². The maximum Gasteiger partial charge on any atom is 0.133 e. The Balaban J connectivity index is 1.45. The monoisotopic (exact) mass is 265 g/mol. The highest BCUT2D eigenvalue weighted by molar-refractivity contribution is 7.09. The second-order valence-electron chi connectivity index (χ2n) is 6.29. The summed E-state index contributed by atoms with van der Waals surface area (Å²) in [7, 11) is 0. The van der Waals surface area contributed by atoms with Gasteiger partial charge in [0.1, 0.15) is 10.7 Å². The first kappa shape index (κ1) is 11.2. The van der Waals surface area contributed by atoms with Crippen LogP contribution in [0.15, 0.2) is 0 Å². The molecule has 0 atom stereocenters. The van der Waals surface area contributed by atoms with E-state index in [4.69, 9.17) is 10.5 Å². The summed E-state index contributed by atoms with van der Waals surface area (Å²) < 4.78 is 10.0. The fraction of sp³-hybridized carbons (Fsp3) is 0.846. The molecule has 0 unspecified atom stereocenters. The first-order valence-electron chi connectivity index (χ1n) is 6.98. The Morgan fingerprint density at radius 1 is 1.11 bits per heavy atom. The predicted octanol–water partition coefficient (Wildman–Crippen LogP) is 2.46. The van der Waals surface area contributed by atoms with E-state index in [1.165, 1.54) is 43.6 Å². The molecule has 2 N–H and O–H groups in total. The molecule has 1 aromatic rings. The van der Waals surface area contributed by atoms with Crippen LogP contribution < -0.4 is 5.73 Å². The Morgan fingerprint density at radius 3 is 2.33 bits per heavy atom. The lowest BCUT2D eigenvalue weighted by atomic mass is 9.55. The number of aromatic nitrogens is 2. The number of hydrogen-bond acceptors (Lipinski definition) is 5. The molecule has 0 spiro atoms. The highest BCUT2D eigenvalue weighted by Gasteiger charge is 2.48. The molecule has 5 rings (SSSR count). The van der Waals surface area contributed by atoms with Crippen molar-refractivity contribution in [2.24, 2.45) is 23.7 Å². The molecular formula is C13H19N3OS. The highest BCUT2D eigenvalue weighted by Crippen LogP contribution is 2.54. The van der Waals surface area contributed by atoms with Crippen molar-refractivity contribution in [3.05, 3.63) is 5.69 Å². The zero-order valence-electron chi connectivity index (χ0n) is 10.4. The lowest BCUT2D eigenvalue weighted by molar-refractivity contribution is -0.132. The summed E-state index contributed by atoms with van der Waals surface area (Å²) in [6.07, 6.45) is 7.51. The fourth-order valence-electron chi connectivity index (χ4n) is 4.64. The van der Waals surface area contributed by atoms with E-state index in [0.717, 1.165) is 29.4 Å². The predicted molar refractivity (Wildman–Crippen MR) is 69.9 cm³/mol. The van der Waals surface area contributed by atoms with Crippen molar-refractivity contribution >= 4 is 16.5 Å². The van der Waals surface area contributed by atoms with E-state index in [0.29, 0.717) is 17.7 Å². The fourth-order valence-corrected chi connectivity index (χ4v) is 5.07. The zero-order chi connectivity index (χ0) is 12.1. The molecule has 0 radical (unpaired) electrons. The van der Waals surface area contributed by atoms with Crippen molar-refractivity contribution in [3.63, 3.8) is 0 Å². The van der Waals surface area contributed by atoms with Gasteiger partial charge in [-0.2, -0.15) is 0 Å². The normalized spacial score (nSPS) is 41.4. The Labute approximate surface area is 111 Å². The van der Waals surface area contributed by atoms with Gasteiger partial charge in [0, 0.05) is 11.5 Å². The minimum absolute atomic E-state index is 0.457. The molecule has 18 heavy (non-hydrogen) atoms. The molecule has 4 aliphatic carbocycles. The molecule has 0 aromatic carbocycles. The summed E-state index contributed by atoms with van der Waals surface area (Å²) in [5.41, 5.74) is 6.64. The lowest BCUT2D eigenvalue weighted by Gasteiger charge is -2.53. The highest BCUT2D eigenvalue weighted by atomic mass is 32.1. The Kier molecular flexibility index (Phi) is 2.59. The summed E-state index contributed by atoms with van der Waals surface area (Å²) in [6, 6.07) is 0. The van der Waals surface area contributed by atoms with Gasteiger partial charge >= 0.3 is 0 Å². The summed E-state index contributed by atoms with van der Waals surface area (Å²) >= 11 is 1.26. The molecule has 98 valence electrons. The molecular weight excluding hydrogens is 246 g/mol. The molecule has 0 amide bonds. The second kappa shape index (κ2) is 4.17. The largest absolute Gasteiger partial charge is 0.388 e. The average molecular weight is 265 g/mol. The minimum Gasteiger partial charge on any atom is -0.388 e. The van der Waals surface area contributed by atoms with Crippen molar-refractivity contribution < 1.29 is 4.74 Å². The van der Waals surface area contributed by atoms with E-state index >= 15 is 0 Å². The van der Waals surface area contributed by atoms with E-state index in [9.17, 15) is 0 Å². The van der Waals surface area contributed by atoms with Crippen molar-refractivity contribution in [1.82, 2.24) is 9.59 Å². The third kappa shape index (κ3) is 1.75. The molecule has 4 bridgehead atoms. The van der Waals surface area contributed by atoms with Crippen molar-refractivity contribution in [3.8, 4) is 0 Å². The van der Waals surface area contributed by atoms with Crippen LogP contribution in [0.3, 0.4) is 0 Å². The van der Waals surface area contributed by atoms with E-state index in [2.05, 4.69) is 9.59 Å². The minimum atomic E-state index is 0.457. The third-order valence-electron chi connectivity index (χ3n) is 5.14. The molecule has 5 heteroatoms. The molecule has 4 fully saturated rings. The SMILES string of the molecule is Nc1snnc1COC1C2CC3CC(C2)CC1C3. The Hall–Kier alpha value is -0.680. The van der Waals surface area contributed by atoms with E-state index in [1.807, 2.05) is 0 Å². The lowest BCUT2D eigenvalue weighted by Crippen LogP contribution is -2.49. The molecule has 4 aliphatic rings. The summed E-state index contributed by atoms with van der Waals surface area (Å²) in [5, 5.41) is 4.74. The van der Waals surface area contributed by atoms with Gasteiger partial charge in [0.15, 0.2) is 0 Å². The molecule has 0 aliphatic heterocycles. The van der Waals surface area contributed by atoms with Gasteiger partial charge in [-0.25, -0.2) is 0 Å². The molecule has 1 aromatic heterocycles. The van der Waals surface area contributed by atoms with Crippen molar-refractivity contribution in [2.45, 2.75) is 44.8 Å². The number of rotatable bonds is 3. The quantitative estimate of drug-likeness (QED) is 0.912. The Morgan fingerprint density at radius 2 is 1.78 bits per heavy atom. The van der Waals surface area contributed by atoms with Crippen LogP contribution in [0.25, 0.3) is 0 Å². The second-order valence-corrected chi connectivity index (χ2v) is 7.08. The van der Waals surface area contributed by atoms with Gasteiger partial charge in [0.05, 0.1) is 12.7 Å². The topological polar surface area (TPSA) is 61.0 Å². The maximum absolute atomic E-state index is 6.17.